The van der Waals surface area contributed by atoms with Crippen LogP contribution in [0.25, 0.3) is 0 Å². The molecule has 1 aliphatic rings. The number of aryl methyl sites for hydroxylation is 1. The third kappa shape index (κ3) is 5.76. The summed E-state index contributed by atoms with van der Waals surface area (Å²) in [6.07, 6.45) is 3.77. The molecule has 35 heavy (non-hydrogen) atoms. The molecule has 2 aromatic heterocycles. The van der Waals surface area contributed by atoms with E-state index in [1.165, 1.54) is 11.3 Å². The van der Waals surface area contributed by atoms with Crippen LogP contribution in [0.1, 0.15) is 46.4 Å². The lowest BCUT2D eigenvalue weighted by Gasteiger charge is -2.12. The Hall–Kier alpha value is -2.70. The second-order valence-electron chi connectivity index (χ2n) is 8.00. The Kier molecular flexibility index (Phi) is 7.92. The predicted octanol–water partition coefficient (Wildman–Crippen LogP) is 3.64. The molecule has 0 saturated carbocycles. The SMILES string of the molecule is CCOC(=O)c1c(NC(=O)CSc2nnc(CS(=O)(=O)c3ccccc3)n2C)sc2c1CCCC2. The van der Waals surface area contributed by atoms with Crippen molar-refractivity contribution in [1.82, 2.24) is 14.8 Å². The number of ether oxygens (including phenoxy) is 1. The number of aromatic nitrogens is 3. The smallest absolute Gasteiger partial charge is 0.341 e. The third-order valence-electron chi connectivity index (χ3n) is 5.58. The molecule has 0 fully saturated rings. The number of rotatable bonds is 9. The Bertz CT molecular complexity index is 1330. The van der Waals surface area contributed by atoms with Gasteiger partial charge in [0.15, 0.2) is 15.0 Å². The summed E-state index contributed by atoms with van der Waals surface area (Å²) in [6.45, 7) is 2.02. The Morgan fingerprint density at radius 3 is 2.66 bits per heavy atom. The van der Waals surface area contributed by atoms with E-state index < -0.39 is 15.8 Å². The number of nitrogens with one attached hydrogen (secondary N) is 1. The van der Waals surface area contributed by atoms with Crippen molar-refractivity contribution in [3.8, 4) is 0 Å². The van der Waals surface area contributed by atoms with Crippen molar-refractivity contribution in [2.75, 3.05) is 17.7 Å². The van der Waals surface area contributed by atoms with E-state index in [-0.39, 0.29) is 34.7 Å². The highest BCUT2D eigenvalue weighted by Crippen LogP contribution is 2.38. The summed E-state index contributed by atoms with van der Waals surface area (Å²) in [5.41, 5.74) is 1.46. The molecule has 2 heterocycles. The van der Waals surface area contributed by atoms with Gasteiger partial charge in [-0.2, -0.15) is 0 Å². The van der Waals surface area contributed by atoms with E-state index in [2.05, 4.69) is 15.5 Å². The topological polar surface area (TPSA) is 120 Å². The van der Waals surface area contributed by atoms with Crippen molar-refractivity contribution in [2.45, 2.75) is 48.4 Å². The van der Waals surface area contributed by atoms with Crippen LogP contribution in [0.3, 0.4) is 0 Å². The number of fused-ring (bicyclic) bond motifs is 1. The number of nitrogens with zero attached hydrogens (tertiary/aromatic N) is 3. The fourth-order valence-corrected chi connectivity index (χ4v) is 7.20. The van der Waals surface area contributed by atoms with Gasteiger partial charge in [-0.15, -0.1) is 21.5 Å². The first-order valence-electron chi connectivity index (χ1n) is 11.2. The number of hydrogen-bond acceptors (Lipinski definition) is 9. The molecule has 0 radical (unpaired) electrons. The Balaban J connectivity index is 1.43. The first kappa shape index (κ1) is 25.4. The van der Waals surface area contributed by atoms with E-state index in [1.807, 2.05) is 0 Å². The summed E-state index contributed by atoms with van der Waals surface area (Å²) in [5.74, 6) is -0.681. The fraction of sp³-hybridized carbons (Fsp3) is 0.391. The number of carbonyl (C=O) groups is 2. The van der Waals surface area contributed by atoms with Crippen LogP contribution < -0.4 is 5.32 Å². The molecule has 0 atom stereocenters. The van der Waals surface area contributed by atoms with Gasteiger partial charge in [-0.3, -0.25) is 4.79 Å². The van der Waals surface area contributed by atoms with Gasteiger partial charge in [-0.25, -0.2) is 13.2 Å². The molecule has 4 rings (SSSR count). The summed E-state index contributed by atoms with van der Waals surface area (Å²) in [4.78, 5) is 26.7. The summed E-state index contributed by atoms with van der Waals surface area (Å²) in [6, 6.07) is 8.17. The van der Waals surface area contributed by atoms with E-state index >= 15 is 0 Å². The van der Waals surface area contributed by atoms with Crippen LogP contribution in [0.2, 0.25) is 0 Å². The normalized spacial score (nSPS) is 13.3. The minimum absolute atomic E-state index is 0.0300. The number of carbonyl (C=O) groups excluding carboxylic acids is 2. The molecule has 0 bridgehead atoms. The van der Waals surface area contributed by atoms with E-state index in [0.29, 0.717) is 15.7 Å². The molecule has 186 valence electrons. The summed E-state index contributed by atoms with van der Waals surface area (Å²) < 4.78 is 32.1. The average Bonchev–Trinajstić information content (AvgIpc) is 3.37. The van der Waals surface area contributed by atoms with Crippen molar-refractivity contribution in [3.05, 3.63) is 52.2 Å². The number of thiophene rings is 1. The maximum atomic E-state index is 12.7. The van der Waals surface area contributed by atoms with E-state index in [0.717, 1.165) is 47.9 Å². The molecule has 3 aromatic rings. The second kappa shape index (κ2) is 10.9. The molecule has 1 N–H and O–H groups in total. The zero-order valence-electron chi connectivity index (χ0n) is 19.4. The van der Waals surface area contributed by atoms with Crippen molar-refractivity contribution in [2.24, 2.45) is 7.05 Å². The number of sulfone groups is 1. The zero-order valence-corrected chi connectivity index (χ0v) is 21.9. The molecule has 0 spiro atoms. The van der Waals surface area contributed by atoms with Gasteiger partial charge in [0.1, 0.15) is 16.6 Å². The maximum Gasteiger partial charge on any atom is 0.341 e. The quantitative estimate of drug-likeness (QED) is 0.326. The zero-order chi connectivity index (χ0) is 25.0. The van der Waals surface area contributed by atoms with Crippen LogP contribution in [0, 0.1) is 0 Å². The molecule has 0 saturated heterocycles. The maximum absolute atomic E-state index is 12.7. The van der Waals surface area contributed by atoms with Crippen LogP contribution in [0.4, 0.5) is 5.00 Å². The summed E-state index contributed by atoms with van der Waals surface area (Å²) in [5, 5.41) is 11.9. The summed E-state index contributed by atoms with van der Waals surface area (Å²) in [7, 11) is -1.90. The van der Waals surface area contributed by atoms with Gasteiger partial charge in [-0.1, -0.05) is 30.0 Å². The minimum atomic E-state index is -3.57. The van der Waals surface area contributed by atoms with Crippen molar-refractivity contribution < 1.29 is 22.7 Å². The molecule has 0 unspecified atom stereocenters. The lowest BCUT2D eigenvalue weighted by atomic mass is 9.95. The molecular weight excluding hydrogens is 508 g/mol. The van der Waals surface area contributed by atoms with Gasteiger partial charge in [-0.05, 0) is 50.3 Å². The van der Waals surface area contributed by atoms with E-state index in [1.54, 1.807) is 48.9 Å². The first-order valence-corrected chi connectivity index (χ1v) is 14.7. The molecular formula is C23H26N4O5S3. The number of thioether (sulfide) groups is 1. The van der Waals surface area contributed by atoms with Crippen molar-refractivity contribution >= 4 is 49.8 Å². The standard InChI is InChI=1S/C23H26N4O5S3/c1-3-32-22(29)20-16-11-7-8-12-17(16)34-21(20)24-19(28)13-33-23-26-25-18(27(23)2)14-35(30,31)15-9-5-4-6-10-15/h4-6,9-10H,3,7-8,11-14H2,1-2H3,(H,24,28). The number of anilines is 1. The summed E-state index contributed by atoms with van der Waals surface area (Å²) >= 11 is 2.58. The van der Waals surface area contributed by atoms with Gasteiger partial charge in [0.2, 0.25) is 5.91 Å². The van der Waals surface area contributed by atoms with Crippen LogP contribution in [0.15, 0.2) is 40.4 Å². The molecule has 9 nitrogen and oxygen atoms in total. The predicted molar refractivity (Wildman–Crippen MR) is 135 cm³/mol. The first-order chi connectivity index (χ1) is 16.8. The highest BCUT2D eigenvalue weighted by Gasteiger charge is 2.27. The Labute approximate surface area is 212 Å². The molecule has 0 aliphatic heterocycles. The molecule has 12 heteroatoms. The van der Waals surface area contributed by atoms with Crippen molar-refractivity contribution in [1.29, 1.82) is 0 Å². The lowest BCUT2D eigenvalue weighted by Crippen LogP contribution is -2.17. The van der Waals surface area contributed by atoms with Gasteiger partial charge in [0.05, 0.1) is 22.8 Å². The molecule has 1 amide bonds. The Morgan fingerprint density at radius 2 is 1.91 bits per heavy atom. The van der Waals surface area contributed by atoms with E-state index in [9.17, 15) is 18.0 Å². The Morgan fingerprint density at radius 1 is 1.17 bits per heavy atom. The van der Waals surface area contributed by atoms with Gasteiger partial charge in [0.25, 0.3) is 0 Å². The minimum Gasteiger partial charge on any atom is -0.462 e. The monoisotopic (exact) mass is 534 g/mol. The van der Waals surface area contributed by atoms with E-state index in [4.69, 9.17) is 4.74 Å². The van der Waals surface area contributed by atoms with Crippen LogP contribution >= 0.6 is 23.1 Å². The second-order valence-corrected chi connectivity index (χ2v) is 12.0. The molecule has 1 aromatic carbocycles. The molecule has 1 aliphatic carbocycles. The van der Waals surface area contributed by atoms with Crippen molar-refractivity contribution in [3.63, 3.8) is 0 Å². The third-order valence-corrected chi connectivity index (χ3v) is 9.44. The number of hydrogen-bond donors (Lipinski definition) is 1. The largest absolute Gasteiger partial charge is 0.462 e. The van der Waals surface area contributed by atoms with Gasteiger partial charge in [0, 0.05) is 11.9 Å². The van der Waals surface area contributed by atoms with Crippen LogP contribution in [-0.4, -0.2) is 47.4 Å². The number of benzene rings is 1. The lowest BCUT2D eigenvalue weighted by molar-refractivity contribution is -0.113. The highest BCUT2D eigenvalue weighted by atomic mass is 32.2. The van der Waals surface area contributed by atoms with Crippen LogP contribution in [-0.2, 0) is 45.0 Å². The van der Waals surface area contributed by atoms with Crippen LogP contribution in [0.5, 0.6) is 0 Å². The fourth-order valence-electron chi connectivity index (χ4n) is 3.84. The van der Waals surface area contributed by atoms with Gasteiger partial charge >= 0.3 is 5.97 Å². The highest BCUT2D eigenvalue weighted by molar-refractivity contribution is 7.99. The number of amides is 1. The number of esters is 1. The van der Waals surface area contributed by atoms with Gasteiger partial charge < -0.3 is 14.6 Å². The average molecular weight is 535 g/mol.